The first kappa shape index (κ1) is 19.1. The molecule has 0 fully saturated rings. The Bertz CT molecular complexity index is 895. The molecule has 0 saturated heterocycles. The summed E-state index contributed by atoms with van der Waals surface area (Å²) in [6, 6.07) is 16.8. The molecule has 0 radical (unpaired) electrons. The van der Waals surface area contributed by atoms with Crippen molar-refractivity contribution < 1.29 is 13.2 Å². The lowest BCUT2D eigenvalue weighted by molar-refractivity contribution is -0.144. The van der Waals surface area contributed by atoms with Crippen LogP contribution in [-0.4, -0.2) is 41.5 Å². The Morgan fingerprint density at radius 2 is 1.63 bits per heavy atom. The van der Waals surface area contributed by atoms with Crippen LogP contribution >= 0.6 is 0 Å². The first-order valence-corrected chi connectivity index (χ1v) is 8.63. The number of nitrogens with one attached hydrogen (secondary N) is 1. The summed E-state index contributed by atoms with van der Waals surface area (Å²) in [7, 11) is 3.91. The van der Waals surface area contributed by atoms with E-state index in [0.29, 0.717) is 11.9 Å². The van der Waals surface area contributed by atoms with Crippen LogP contribution in [0.25, 0.3) is 10.9 Å². The summed E-state index contributed by atoms with van der Waals surface area (Å²) in [5.74, 6) is -0.930. The summed E-state index contributed by atoms with van der Waals surface area (Å²) >= 11 is 0. The molecule has 1 N–H and O–H groups in total. The van der Waals surface area contributed by atoms with Gasteiger partial charge in [-0.1, -0.05) is 42.5 Å². The molecule has 0 aliphatic heterocycles. The van der Waals surface area contributed by atoms with Crippen molar-refractivity contribution in [3.8, 4) is 0 Å². The van der Waals surface area contributed by atoms with Crippen LogP contribution in [0, 0.1) is 0 Å². The lowest BCUT2D eigenvalue weighted by Crippen LogP contribution is -2.36. The maximum atomic E-state index is 13.1. The third kappa shape index (κ3) is 4.74. The number of likely N-dealkylation sites (N-methyl/N-ethyl adjacent to an activating group) is 1. The number of fused-ring (bicyclic) bond motifs is 1. The van der Waals surface area contributed by atoms with E-state index >= 15 is 0 Å². The van der Waals surface area contributed by atoms with Crippen molar-refractivity contribution >= 4 is 16.7 Å². The van der Waals surface area contributed by atoms with Gasteiger partial charge in [-0.25, -0.2) is 9.97 Å². The van der Waals surface area contributed by atoms with Gasteiger partial charge in [-0.15, -0.1) is 0 Å². The smallest absolute Gasteiger partial charge is 0.368 e. The predicted octanol–water partition coefficient (Wildman–Crippen LogP) is 4.23. The van der Waals surface area contributed by atoms with Gasteiger partial charge in [0.1, 0.15) is 5.82 Å². The summed E-state index contributed by atoms with van der Waals surface area (Å²) in [6.07, 6.45) is -3.82. The Morgan fingerprint density at radius 3 is 2.30 bits per heavy atom. The summed E-state index contributed by atoms with van der Waals surface area (Å²) in [4.78, 5) is 9.44. The number of aromatic nitrogens is 2. The van der Waals surface area contributed by atoms with Gasteiger partial charge in [0.15, 0.2) is 0 Å². The van der Waals surface area contributed by atoms with Gasteiger partial charge >= 0.3 is 6.18 Å². The van der Waals surface area contributed by atoms with E-state index < -0.39 is 12.0 Å². The second-order valence-corrected chi connectivity index (χ2v) is 6.60. The highest BCUT2D eigenvalue weighted by Crippen LogP contribution is 2.30. The molecule has 1 heterocycles. The number of nitrogens with zero attached hydrogens (tertiary/aromatic N) is 3. The maximum Gasteiger partial charge on any atom is 0.451 e. The number of para-hydroxylation sites is 1. The van der Waals surface area contributed by atoms with E-state index in [-0.39, 0.29) is 17.4 Å². The van der Waals surface area contributed by atoms with E-state index in [0.717, 1.165) is 6.42 Å². The van der Waals surface area contributed by atoms with Crippen molar-refractivity contribution in [2.24, 2.45) is 0 Å². The molecule has 0 amide bonds. The van der Waals surface area contributed by atoms with Crippen LogP contribution in [0.3, 0.4) is 0 Å². The molecule has 7 heteroatoms. The molecule has 0 unspecified atom stereocenters. The van der Waals surface area contributed by atoms with E-state index in [1.165, 1.54) is 5.56 Å². The molecule has 1 atom stereocenters. The van der Waals surface area contributed by atoms with Crippen molar-refractivity contribution in [3.05, 3.63) is 66.0 Å². The van der Waals surface area contributed by atoms with E-state index in [4.69, 9.17) is 0 Å². The number of benzene rings is 2. The summed E-state index contributed by atoms with van der Waals surface area (Å²) < 4.78 is 39.4. The van der Waals surface area contributed by atoms with E-state index in [2.05, 4.69) is 15.3 Å². The summed E-state index contributed by atoms with van der Waals surface area (Å²) in [5.41, 5.74) is 1.44. The average Bonchev–Trinajstić information content (AvgIpc) is 2.64. The fraction of sp³-hybridized carbons (Fsp3) is 0.300. The summed E-state index contributed by atoms with van der Waals surface area (Å²) in [6.45, 7) is 0.459. The second-order valence-electron chi connectivity index (χ2n) is 6.60. The number of hydrogen-bond donors (Lipinski definition) is 1. The van der Waals surface area contributed by atoms with Gasteiger partial charge in [-0.05, 0) is 38.2 Å². The van der Waals surface area contributed by atoms with Crippen LogP contribution < -0.4 is 5.32 Å². The molecule has 3 rings (SSSR count). The number of hydrogen-bond acceptors (Lipinski definition) is 4. The van der Waals surface area contributed by atoms with Crippen molar-refractivity contribution in [3.63, 3.8) is 0 Å². The molecule has 1 aromatic heterocycles. The lowest BCUT2D eigenvalue weighted by Gasteiger charge is -2.25. The molecule has 4 nitrogen and oxygen atoms in total. The molecule has 0 bridgehead atoms. The Kier molecular flexibility index (Phi) is 5.60. The molecular weight excluding hydrogens is 353 g/mol. The normalized spacial score (nSPS) is 13.1. The first-order valence-electron chi connectivity index (χ1n) is 8.63. The second kappa shape index (κ2) is 7.92. The first-order chi connectivity index (χ1) is 12.8. The summed E-state index contributed by atoms with van der Waals surface area (Å²) in [5, 5.41) is 3.68. The van der Waals surface area contributed by atoms with Crippen molar-refractivity contribution in [2.45, 2.75) is 18.6 Å². The monoisotopic (exact) mass is 374 g/mol. The third-order valence-electron chi connectivity index (χ3n) is 4.41. The maximum absolute atomic E-state index is 13.1. The zero-order valence-corrected chi connectivity index (χ0v) is 15.2. The highest BCUT2D eigenvalue weighted by atomic mass is 19.4. The fourth-order valence-corrected chi connectivity index (χ4v) is 2.88. The molecule has 2 aromatic carbocycles. The van der Waals surface area contributed by atoms with E-state index in [1.807, 2.05) is 49.3 Å². The number of rotatable bonds is 6. The topological polar surface area (TPSA) is 41.0 Å². The van der Waals surface area contributed by atoms with Crippen LogP contribution in [0.4, 0.5) is 19.0 Å². The van der Waals surface area contributed by atoms with Gasteiger partial charge in [-0.3, -0.25) is 0 Å². The van der Waals surface area contributed by atoms with Gasteiger partial charge in [0.2, 0.25) is 5.82 Å². The Labute approximate surface area is 156 Å². The van der Waals surface area contributed by atoms with Gasteiger partial charge in [0.05, 0.1) is 5.52 Å². The Balaban J connectivity index is 1.86. The number of alkyl halides is 3. The van der Waals surface area contributed by atoms with E-state index in [1.54, 1.807) is 24.3 Å². The van der Waals surface area contributed by atoms with Gasteiger partial charge in [0.25, 0.3) is 0 Å². The van der Waals surface area contributed by atoms with Crippen LogP contribution in [0.15, 0.2) is 54.6 Å². The molecule has 27 heavy (non-hydrogen) atoms. The van der Waals surface area contributed by atoms with Crippen LogP contribution in [0.5, 0.6) is 0 Å². The Hall–Kier alpha value is -2.67. The molecule has 3 aromatic rings. The number of halogens is 3. The minimum atomic E-state index is -4.59. The van der Waals surface area contributed by atoms with E-state index in [9.17, 15) is 13.2 Å². The molecule has 0 aliphatic rings. The fourth-order valence-electron chi connectivity index (χ4n) is 2.88. The van der Waals surface area contributed by atoms with Crippen LogP contribution in [0.2, 0.25) is 0 Å². The Morgan fingerprint density at radius 1 is 0.963 bits per heavy atom. The largest absolute Gasteiger partial charge is 0.451 e. The van der Waals surface area contributed by atoms with Crippen molar-refractivity contribution in [1.82, 2.24) is 14.9 Å². The number of anilines is 1. The van der Waals surface area contributed by atoms with Gasteiger partial charge in [-0.2, -0.15) is 13.2 Å². The highest BCUT2D eigenvalue weighted by molar-refractivity contribution is 5.89. The SMILES string of the molecule is CN(C)[C@@H](CNc1nc(C(F)(F)F)nc2ccccc12)Cc1ccccc1. The van der Waals surface area contributed by atoms with Crippen molar-refractivity contribution in [1.29, 1.82) is 0 Å². The van der Waals surface area contributed by atoms with Crippen LogP contribution in [-0.2, 0) is 12.6 Å². The molecule has 0 spiro atoms. The molecule has 0 aliphatic carbocycles. The molecule has 142 valence electrons. The molecule has 0 saturated carbocycles. The third-order valence-corrected chi connectivity index (χ3v) is 4.41. The molecular formula is C20H21F3N4. The minimum Gasteiger partial charge on any atom is -0.368 e. The highest BCUT2D eigenvalue weighted by Gasteiger charge is 2.35. The predicted molar refractivity (Wildman–Crippen MR) is 101 cm³/mol. The quantitative estimate of drug-likeness (QED) is 0.701. The minimum absolute atomic E-state index is 0.0930. The standard InChI is InChI=1S/C20H21F3N4/c1-27(2)15(12-14-8-4-3-5-9-14)13-24-18-16-10-6-7-11-17(16)25-19(26-18)20(21,22)23/h3-11,15H,12-13H2,1-2H3,(H,24,25,26)/t15-/m1/s1. The zero-order chi connectivity index (χ0) is 19.4. The van der Waals surface area contributed by atoms with Gasteiger partial charge in [0, 0.05) is 18.0 Å². The average molecular weight is 374 g/mol. The van der Waals surface area contributed by atoms with Crippen LogP contribution in [0.1, 0.15) is 11.4 Å². The zero-order valence-electron chi connectivity index (χ0n) is 15.2. The van der Waals surface area contributed by atoms with Gasteiger partial charge < -0.3 is 10.2 Å². The van der Waals surface area contributed by atoms with Crippen molar-refractivity contribution in [2.75, 3.05) is 26.0 Å². The lowest BCUT2D eigenvalue weighted by atomic mass is 10.1.